The van der Waals surface area contributed by atoms with Gasteiger partial charge in [-0.2, -0.15) is 5.06 Å². The van der Waals surface area contributed by atoms with Gasteiger partial charge in [0.25, 0.3) is 5.91 Å². The van der Waals surface area contributed by atoms with E-state index in [4.69, 9.17) is 4.84 Å². The highest BCUT2D eigenvalue weighted by Gasteiger charge is 2.42. The summed E-state index contributed by atoms with van der Waals surface area (Å²) in [4.78, 5) is 33.0. The lowest BCUT2D eigenvalue weighted by molar-refractivity contribution is -0.201. The molecule has 1 N–H and O–H groups in total. The number of nitrogens with one attached hydrogen (secondary N) is 1. The number of anilines is 1. The van der Waals surface area contributed by atoms with Gasteiger partial charge in [-0.05, 0) is 23.3 Å². The molecule has 146 valence electrons. The third kappa shape index (κ3) is 4.28. The Labute approximate surface area is 169 Å². The van der Waals surface area contributed by atoms with Crippen LogP contribution in [0.2, 0.25) is 0 Å². The number of nitrogens with zero attached hydrogens (tertiary/aromatic N) is 2. The lowest BCUT2D eigenvalue weighted by Crippen LogP contribution is -2.38. The van der Waals surface area contributed by atoms with Gasteiger partial charge in [0, 0.05) is 5.69 Å². The average molecular weight is 387 g/mol. The Hall–Kier alpha value is -3.64. The fraction of sp³-hybridized carbons (Fsp3) is 0.130. The van der Waals surface area contributed by atoms with Gasteiger partial charge in [-0.15, -0.1) is 0 Å². The van der Waals surface area contributed by atoms with Gasteiger partial charge in [0.05, 0.1) is 0 Å². The third-order valence-corrected chi connectivity index (χ3v) is 4.67. The number of para-hydroxylation sites is 1. The first kappa shape index (κ1) is 18.7. The number of benzene rings is 3. The van der Waals surface area contributed by atoms with E-state index < -0.39 is 6.17 Å². The molecular weight excluding hydrogens is 366 g/mol. The van der Waals surface area contributed by atoms with Gasteiger partial charge in [-0.3, -0.25) is 14.5 Å². The molecular formula is C23H21N3O3. The molecule has 1 heterocycles. The normalized spacial score (nSPS) is 16.1. The van der Waals surface area contributed by atoms with Gasteiger partial charge in [0.15, 0.2) is 6.17 Å². The van der Waals surface area contributed by atoms with E-state index in [1.807, 2.05) is 78.9 Å². The van der Waals surface area contributed by atoms with Crippen molar-refractivity contribution >= 4 is 17.6 Å². The van der Waals surface area contributed by atoms with Crippen LogP contribution in [0.15, 0.2) is 91.0 Å². The molecule has 0 radical (unpaired) electrons. The Morgan fingerprint density at radius 2 is 1.48 bits per heavy atom. The van der Waals surface area contributed by atoms with E-state index in [0.29, 0.717) is 5.69 Å². The van der Waals surface area contributed by atoms with E-state index in [1.165, 1.54) is 9.96 Å². The fourth-order valence-corrected chi connectivity index (χ4v) is 3.27. The van der Waals surface area contributed by atoms with Crippen molar-refractivity contribution in [2.24, 2.45) is 0 Å². The third-order valence-electron chi connectivity index (χ3n) is 4.67. The number of hydrogen-bond donors (Lipinski definition) is 1. The molecule has 6 heteroatoms. The molecule has 1 aliphatic rings. The van der Waals surface area contributed by atoms with Crippen molar-refractivity contribution in [3.63, 3.8) is 0 Å². The molecule has 1 aliphatic heterocycles. The highest BCUT2D eigenvalue weighted by atomic mass is 16.7. The average Bonchev–Trinajstić information content (AvgIpc) is 3.10. The zero-order chi connectivity index (χ0) is 20.1. The van der Waals surface area contributed by atoms with E-state index in [-0.39, 0.29) is 25.1 Å². The summed E-state index contributed by atoms with van der Waals surface area (Å²) in [5.74, 6) is -0.266. The van der Waals surface area contributed by atoms with Gasteiger partial charge in [-0.25, -0.2) is 4.79 Å². The van der Waals surface area contributed by atoms with E-state index in [2.05, 4.69) is 5.32 Å². The Morgan fingerprint density at radius 1 is 0.897 bits per heavy atom. The maximum atomic E-state index is 12.9. The van der Waals surface area contributed by atoms with Crippen molar-refractivity contribution in [2.45, 2.75) is 12.8 Å². The molecule has 4 rings (SSSR count). The molecule has 1 atom stereocenters. The quantitative estimate of drug-likeness (QED) is 0.714. The summed E-state index contributed by atoms with van der Waals surface area (Å²) in [5.41, 5.74) is 2.41. The summed E-state index contributed by atoms with van der Waals surface area (Å²) in [7, 11) is 0. The van der Waals surface area contributed by atoms with Crippen molar-refractivity contribution in [1.82, 2.24) is 9.96 Å². The van der Waals surface area contributed by atoms with E-state index in [9.17, 15) is 9.59 Å². The van der Waals surface area contributed by atoms with Crippen LogP contribution in [0, 0.1) is 0 Å². The molecule has 0 unspecified atom stereocenters. The number of amides is 3. The molecule has 1 fully saturated rings. The Morgan fingerprint density at radius 3 is 2.14 bits per heavy atom. The number of carbonyl (C=O) groups excluding carboxylic acids is 2. The second kappa shape index (κ2) is 8.58. The molecule has 3 aromatic rings. The maximum absolute atomic E-state index is 12.9. The van der Waals surface area contributed by atoms with Crippen LogP contribution in [0.25, 0.3) is 0 Å². The first-order valence-electron chi connectivity index (χ1n) is 9.39. The van der Waals surface area contributed by atoms with Crippen molar-refractivity contribution < 1.29 is 14.4 Å². The summed E-state index contributed by atoms with van der Waals surface area (Å²) in [5, 5.41) is 4.15. The number of hydroxylamine groups is 2. The minimum Gasteiger partial charge on any atom is -0.308 e. The van der Waals surface area contributed by atoms with Crippen LogP contribution < -0.4 is 5.32 Å². The smallest absolute Gasteiger partial charge is 0.308 e. The maximum Gasteiger partial charge on any atom is 0.324 e. The summed E-state index contributed by atoms with van der Waals surface area (Å²) < 4.78 is 0. The predicted octanol–water partition coefficient (Wildman–Crippen LogP) is 4.19. The molecule has 3 amide bonds. The summed E-state index contributed by atoms with van der Waals surface area (Å²) in [6.45, 7) is 0.178. The largest absolute Gasteiger partial charge is 0.324 e. The first-order valence-corrected chi connectivity index (χ1v) is 9.39. The van der Waals surface area contributed by atoms with Crippen LogP contribution in [0.4, 0.5) is 10.5 Å². The van der Waals surface area contributed by atoms with Crippen molar-refractivity contribution in [3.05, 3.63) is 102 Å². The van der Waals surface area contributed by atoms with E-state index >= 15 is 0 Å². The molecule has 0 bridgehead atoms. The second-order valence-corrected chi connectivity index (χ2v) is 6.69. The fourth-order valence-electron chi connectivity index (χ4n) is 3.27. The van der Waals surface area contributed by atoms with E-state index in [1.54, 1.807) is 12.1 Å². The Bertz CT molecular complexity index is 964. The van der Waals surface area contributed by atoms with Gasteiger partial charge in [0.1, 0.15) is 13.2 Å². The molecule has 0 aromatic heterocycles. The lowest BCUT2D eigenvalue weighted by Gasteiger charge is -2.29. The highest BCUT2D eigenvalue weighted by Crippen LogP contribution is 2.32. The van der Waals surface area contributed by atoms with Gasteiger partial charge < -0.3 is 5.32 Å². The molecule has 1 saturated heterocycles. The number of carbonyl (C=O) groups is 2. The minimum absolute atomic E-state index is 0.0625. The van der Waals surface area contributed by atoms with Crippen molar-refractivity contribution in [1.29, 1.82) is 0 Å². The molecule has 0 spiro atoms. The molecule has 29 heavy (non-hydrogen) atoms. The Balaban J connectivity index is 1.57. The lowest BCUT2D eigenvalue weighted by atomic mass is 10.1. The van der Waals surface area contributed by atoms with Crippen LogP contribution in [0.1, 0.15) is 17.3 Å². The van der Waals surface area contributed by atoms with Crippen molar-refractivity contribution in [2.75, 3.05) is 11.9 Å². The minimum atomic E-state index is -0.642. The number of hydrogen-bond acceptors (Lipinski definition) is 3. The first-order chi connectivity index (χ1) is 14.2. The van der Waals surface area contributed by atoms with Gasteiger partial charge in [-0.1, -0.05) is 78.9 Å². The van der Waals surface area contributed by atoms with Crippen LogP contribution in [0.5, 0.6) is 0 Å². The second-order valence-electron chi connectivity index (χ2n) is 6.69. The van der Waals surface area contributed by atoms with Crippen molar-refractivity contribution in [3.8, 4) is 0 Å². The SMILES string of the molecule is O=C(Nc1ccccc1)N1CC(=O)N(OCc2ccccc2)[C@H]1c1ccccc1. The summed E-state index contributed by atoms with van der Waals surface area (Å²) in [6, 6.07) is 27.8. The molecule has 0 aliphatic carbocycles. The van der Waals surface area contributed by atoms with Crippen LogP contribution in [-0.2, 0) is 16.2 Å². The topological polar surface area (TPSA) is 61.9 Å². The zero-order valence-electron chi connectivity index (χ0n) is 15.8. The summed E-state index contributed by atoms with van der Waals surface area (Å²) >= 11 is 0. The molecule has 6 nitrogen and oxygen atoms in total. The van der Waals surface area contributed by atoms with Crippen LogP contribution >= 0.6 is 0 Å². The zero-order valence-corrected chi connectivity index (χ0v) is 15.8. The number of urea groups is 1. The van der Waals surface area contributed by atoms with E-state index in [0.717, 1.165) is 11.1 Å². The molecule has 0 saturated carbocycles. The number of rotatable bonds is 5. The standard InChI is InChI=1S/C23H21N3O3/c27-21-16-25(23(28)24-20-14-8-3-9-15-20)22(19-12-6-2-7-13-19)26(21)29-17-18-10-4-1-5-11-18/h1-15,22H,16-17H2,(H,24,28)/t22-/m0/s1. The summed E-state index contributed by atoms with van der Waals surface area (Å²) in [6.07, 6.45) is -0.642. The van der Waals surface area contributed by atoms with Crippen LogP contribution in [0.3, 0.4) is 0 Å². The Kier molecular flexibility index (Phi) is 5.54. The predicted molar refractivity (Wildman–Crippen MR) is 109 cm³/mol. The van der Waals surface area contributed by atoms with Gasteiger partial charge in [0.2, 0.25) is 0 Å². The molecule has 3 aromatic carbocycles. The van der Waals surface area contributed by atoms with Crippen LogP contribution in [-0.4, -0.2) is 28.4 Å². The van der Waals surface area contributed by atoms with Gasteiger partial charge >= 0.3 is 6.03 Å². The monoisotopic (exact) mass is 387 g/mol. The highest BCUT2D eigenvalue weighted by molar-refractivity contribution is 5.94.